The maximum absolute atomic E-state index is 11.0. The van der Waals surface area contributed by atoms with Crippen molar-refractivity contribution in [3.63, 3.8) is 0 Å². The number of aromatic nitrogens is 1. The molecule has 0 amide bonds. The van der Waals surface area contributed by atoms with Crippen LogP contribution in [0.15, 0.2) is 30.5 Å². The molecule has 1 heterocycles. The quantitative estimate of drug-likeness (QED) is 0.689. The van der Waals surface area contributed by atoms with Gasteiger partial charge in [-0.3, -0.25) is 10.1 Å². The zero-order valence-corrected chi connectivity index (χ0v) is 11.8. The number of rotatable bonds is 3. The molecule has 0 saturated carbocycles. The van der Waals surface area contributed by atoms with Gasteiger partial charge in [0.15, 0.2) is 0 Å². The van der Waals surface area contributed by atoms with Gasteiger partial charge in [-0.25, -0.2) is 4.98 Å². The lowest BCUT2D eigenvalue weighted by Crippen LogP contribution is -2.28. The van der Waals surface area contributed by atoms with Crippen LogP contribution in [0.25, 0.3) is 10.9 Å². The van der Waals surface area contributed by atoms with E-state index in [-0.39, 0.29) is 11.1 Å². The molecule has 5 nitrogen and oxygen atoms in total. The first kappa shape index (κ1) is 14.4. The van der Waals surface area contributed by atoms with Crippen molar-refractivity contribution < 1.29 is 10.0 Å². The van der Waals surface area contributed by atoms with E-state index in [0.29, 0.717) is 11.9 Å². The first-order valence-corrected chi connectivity index (χ1v) is 6.50. The van der Waals surface area contributed by atoms with Gasteiger partial charge in [-0.05, 0) is 23.5 Å². The Morgan fingerprint density at radius 3 is 2.65 bits per heavy atom. The zero-order chi connectivity index (χ0) is 14.9. The number of nitrogens with zero attached hydrogens (tertiary/aromatic N) is 2. The predicted molar refractivity (Wildman–Crippen MR) is 77.6 cm³/mol. The molecule has 20 heavy (non-hydrogen) atoms. The molecule has 0 fully saturated rings. The Kier molecular flexibility index (Phi) is 3.72. The van der Waals surface area contributed by atoms with Crippen molar-refractivity contribution in [3.8, 4) is 0 Å². The Morgan fingerprint density at radius 2 is 2.05 bits per heavy atom. The number of nitro benzene ring substituents is 1. The van der Waals surface area contributed by atoms with Gasteiger partial charge in [-0.15, -0.1) is 0 Å². The summed E-state index contributed by atoms with van der Waals surface area (Å²) in [6, 6.07) is 6.72. The fraction of sp³-hybridized carbons (Fsp3) is 0.400. The molecular formula is C15H18N2O3. The molecule has 5 heteroatoms. The van der Waals surface area contributed by atoms with Crippen LogP contribution in [0.2, 0.25) is 0 Å². The Balaban J connectivity index is 2.51. The molecule has 106 valence electrons. The lowest BCUT2D eigenvalue weighted by molar-refractivity contribution is -0.383. The van der Waals surface area contributed by atoms with Gasteiger partial charge >= 0.3 is 0 Å². The zero-order valence-electron chi connectivity index (χ0n) is 11.8. The number of hydrogen-bond acceptors (Lipinski definition) is 4. The van der Waals surface area contributed by atoms with Crippen molar-refractivity contribution in [2.75, 3.05) is 0 Å². The summed E-state index contributed by atoms with van der Waals surface area (Å²) in [5.41, 5.74) is 1.00. The summed E-state index contributed by atoms with van der Waals surface area (Å²) < 4.78 is 0. The maximum Gasteiger partial charge on any atom is 0.295 e. The summed E-state index contributed by atoms with van der Waals surface area (Å²) in [4.78, 5) is 14.7. The molecule has 0 saturated heterocycles. The maximum atomic E-state index is 11.0. The van der Waals surface area contributed by atoms with Crippen molar-refractivity contribution >= 4 is 16.6 Å². The van der Waals surface area contributed by atoms with Crippen molar-refractivity contribution in [2.24, 2.45) is 5.41 Å². The number of non-ortho nitro benzene ring substituents is 1. The first-order valence-electron chi connectivity index (χ1n) is 6.50. The number of benzene rings is 1. The second kappa shape index (κ2) is 5.17. The van der Waals surface area contributed by atoms with Gasteiger partial charge in [0.05, 0.1) is 11.0 Å². The van der Waals surface area contributed by atoms with E-state index in [1.165, 1.54) is 6.07 Å². The third-order valence-electron chi connectivity index (χ3n) is 3.45. The van der Waals surface area contributed by atoms with Crippen molar-refractivity contribution in [3.05, 3.63) is 46.1 Å². The lowest BCUT2D eigenvalue weighted by Gasteiger charge is -2.26. The third kappa shape index (κ3) is 2.77. The lowest BCUT2D eigenvalue weighted by atomic mass is 9.84. The largest absolute Gasteiger partial charge is 0.392 e. The van der Waals surface area contributed by atoms with Crippen molar-refractivity contribution in [1.29, 1.82) is 0 Å². The second-order valence-corrected chi connectivity index (χ2v) is 5.99. The highest BCUT2D eigenvalue weighted by atomic mass is 16.6. The number of hydrogen-bond donors (Lipinski definition) is 1. The van der Waals surface area contributed by atoms with E-state index in [0.717, 1.165) is 10.9 Å². The summed E-state index contributed by atoms with van der Waals surface area (Å²) >= 11 is 0. The highest BCUT2D eigenvalue weighted by Crippen LogP contribution is 2.29. The summed E-state index contributed by atoms with van der Waals surface area (Å²) in [6.07, 6.45) is 1.47. The van der Waals surface area contributed by atoms with Gasteiger partial charge in [0.2, 0.25) is 0 Å². The number of aliphatic hydroxyl groups is 1. The van der Waals surface area contributed by atoms with Crippen LogP contribution in [0.3, 0.4) is 0 Å². The topological polar surface area (TPSA) is 76.3 Å². The first-order chi connectivity index (χ1) is 9.30. The number of pyridine rings is 1. The van der Waals surface area contributed by atoms with Crippen LogP contribution >= 0.6 is 0 Å². The highest BCUT2D eigenvalue weighted by Gasteiger charge is 2.24. The molecule has 1 aromatic heterocycles. The van der Waals surface area contributed by atoms with Crippen LogP contribution < -0.4 is 0 Å². The van der Waals surface area contributed by atoms with Gasteiger partial charge in [-0.1, -0.05) is 32.9 Å². The van der Waals surface area contributed by atoms with Gasteiger partial charge < -0.3 is 5.11 Å². The van der Waals surface area contributed by atoms with Crippen LogP contribution in [0, 0.1) is 15.5 Å². The van der Waals surface area contributed by atoms with E-state index in [4.69, 9.17) is 0 Å². The molecule has 1 aromatic carbocycles. The Morgan fingerprint density at radius 1 is 1.35 bits per heavy atom. The van der Waals surface area contributed by atoms with E-state index in [2.05, 4.69) is 4.98 Å². The Labute approximate surface area is 117 Å². The molecule has 2 aromatic rings. The summed E-state index contributed by atoms with van der Waals surface area (Å²) in [5, 5.41) is 22.0. The Hall–Kier alpha value is -2.01. The van der Waals surface area contributed by atoms with Crippen molar-refractivity contribution in [1.82, 2.24) is 4.98 Å². The molecule has 0 aliphatic heterocycles. The molecule has 1 unspecified atom stereocenters. The van der Waals surface area contributed by atoms with Gasteiger partial charge in [0.1, 0.15) is 5.52 Å². The standard InChI is InChI=1S/C15H18N2O3/c1-15(2,3)13(18)9-10-6-7-12(17(19)20)14-11(10)5-4-8-16-14/h4-8,13,18H,9H2,1-3H3. The summed E-state index contributed by atoms with van der Waals surface area (Å²) in [7, 11) is 0. The molecule has 0 spiro atoms. The molecule has 1 atom stereocenters. The van der Waals surface area contributed by atoms with Crippen LogP contribution in [0.5, 0.6) is 0 Å². The van der Waals surface area contributed by atoms with E-state index < -0.39 is 11.0 Å². The SMILES string of the molecule is CC(C)(C)C(O)Cc1ccc([N+](=O)[O-])c2ncccc12. The fourth-order valence-electron chi connectivity index (χ4n) is 2.06. The number of nitro groups is 1. The molecule has 2 rings (SSSR count). The fourth-order valence-corrected chi connectivity index (χ4v) is 2.06. The van der Waals surface area contributed by atoms with Gasteiger partial charge in [-0.2, -0.15) is 0 Å². The van der Waals surface area contributed by atoms with E-state index >= 15 is 0 Å². The Bertz CT molecular complexity index is 647. The molecular weight excluding hydrogens is 256 g/mol. The minimum atomic E-state index is -0.521. The third-order valence-corrected chi connectivity index (χ3v) is 3.45. The second-order valence-electron chi connectivity index (χ2n) is 5.99. The van der Waals surface area contributed by atoms with E-state index in [1.807, 2.05) is 20.8 Å². The average Bonchev–Trinajstić information content (AvgIpc) is 2.37. The molecule has 0 radical (unpaired) electrons. The van der Waals surface area contributed by atoms with Gasteiger partial charge in [0.25, 0.3) is 5.69 Å². The smallest absolute Gasteiger partial charge is 0.295 e. The monoisotopic (exact) mass is 274 g/mol. The number of aliphatic hydroxyl groups excluding tert-OH is 1. The van der Waals surface area contributed by atoms with Gasteiger partial charge in [0, 0.05) is 17.6 Å². The van der Waals surface area contributed by atoms with E-state index in [1.54, 1.807) is 24.4 Å². The van der Waals surface area contributed by atoms with Crippen LogP contribution in [0.4, 0.5) is 5.69 Å². The highest BCUT2D eigenvalue weighted by molar-refractivity contribution is 5.89. The van der Waals surface area contributed by atoms with Crippen LogP contribution in [0.1, 0.15) is 26.3 Å². The van der Waals surface area contributed by atoms with Crippen LogP contribution in [-0.4, -0.2) is 21.1 Å². The summed E-state index contributed by atoms with van der Waals surface area (Å²) in [5.74, 6) is 0. The molecule has 1 N–H and O–H groups in total. The van der Waals surface area contributed by atoms with E-state index in [9.17, 15) is 15.2 Å². The molecule has 0 bridgehead atoms. The average molecular weight is 274 g/mol. The normalized spacial score (nSPS) is 13.4. The predicted octanol–water partition coefficient (Wildman–Crippen LogP) is 3.09. The summed E-state index contributed by atoms with van der Waals surface area (Å²) in [6.45, 7) is 5.89. The number of fused-ring (bicyclic) bond motifs is 1. The minimum Gasteiger partial charge on any atom is -0.392 e. The molecule has 0 aliphatic carbocycles. The van der Waals surface area contributed by atoms with Crippen molar-refractivity contribution in [2.45, 2.75) is 33.3 Å². The van der Waals surface area contributed by atoms with Crippen LogP contribution in [-0.2, 0) is 6.42 Å². The minimum absolute atomic E-state index is 0.00500. The molecule has 0 aliphatic rings.